The Balaban J connectivity index is 1.35. The van der Waals surface area contributed by atoms with E-state index in [0.717, 1.165) is 29.7 Å². The van der Waals surface area contributed by atoms with Crippen LogP contribution in [0.2, 0.25) is 0 Å². The number of hydrogen-bond acceptors (Lipinski definition) is 6. The van der Waals surface area contributed by atoms with E-state index >= 15 is 0 Å². The molecule has 1 atom stereocenters. The van der Waals surface area contributed by atoms with Crippen molar-refractivity contribution in [2.45, 2.75) is 25.4 Å². The Kier molecular flexibility index (Phi) is 9.24. The minimum absolute atomic E-state index is 0.125. The number of hydrogen-bond donors (Lipinski definition) is 1. The summed E-state index contributed by atoms with van der Waals surface area (Å²) in [6.45, 7) is 3.44. The van der Waals surface area contributed by atoms with Crippen LogP contribution in [-0.2, 0) is 9.53 Å². The second kappa shape index (κ2) is 13.6. The lowest BCUT2D eigenvalue weighted by atomic mass is 9.91. The molecule has 6 nitrogen and oxygen atoms in total. The zero-order chi connectivity index (χ0) is 28.4. The summed E-state index contributed by atoms with van der Waals surface area (Å²) in [6, 6.07) is 35.4. The van der Waals surface area contributed by atoms with Gasteiger partial charge < -0.3 is 19.2 Å². The molecule has 1 heterocycles. The van der Waals surface area contributed by atoms with E-state index in [-0.39, 0.29) is 18.0 Å². The molecular formula is C35H33NO5. The minimum atomic E-state index is -0.558. The number of ether oxygens (including phenoxy) is 2. The maximum atomic E-state index is 13.6. The number of benzene rings is 4. The summed E-state index contributed by atoms with van der Waals surface area (Å²) in [7, 11) is 0. The molecule has 0 saturated heterocycles. The highest BCUT2D eigenvalue weighted by atomic mass is 16.6. The molecule has 1 unspecified atom stereocenters. The molecule has 0 fully saturated rings. The van der Waals surface area contributed by atoms with Gasteiger partial charge in [-0.15, -0.1) is 0 Å². The van der Waals surface area contributed by atoms with Crippen molar-refractivity contribution in [1.82, 2.24) is 5.32 Å². The molecule has 6 heteroatoms. The van der Waals surface area contributed by atoms with Crippen LogP contribution >= 0.6 is 0 Å². The van der Waals surface area contributed by atoms with Gasteiger partial charge in [0.05, 0.1) is 5.39 Å². The summed E-state index contributed by atoms with van der Waals surface area (Å²) in [4.78, 5) is 26.4. The Hall–Kier alpha value is -4.68. The molecule has 5 rings (SSSR count). The van der Waals surface area contributed by atoms with Crippen LogP contribution in [0.1, 0.15) is 30.4 Å². The molecule has 0 bridgehead atoms. The Bertz CT molecular complexity index is 1580. The van der Waals surface area contributed by atoms with E-state index in [4.69, 9.17) is 13.9 Å². The average Bonchev–Trinajstić information content (AvgIpc) is 3.01. The van der Waals surface area contributed by atoms with E-state index in [2.05, 4.69) is 12.2 Å². The van der Waals surface area contributed by atoms with Gasteiger partial charge in [0.1, 0.15) is 35.7 Å². The molecule has 0 spiro atoms. The number of carbonyl (C=O) groups excluding carboxylic acids is 1. The van der Waals surface area contributed by atoms with E-state index in [0.29, 0.717) is 29.0 Å². The second-order valence-corrected chi connectivity index (χ2v) is 9.83. The molecule has 5 aromatic rings. The molecule has 0 aliphatic heterocycles. The third-order valence-corrected chi connectivity index (χ3v) is 6.78. The number of rotatable bonds is 12. The molecular weight excluding hydrogens is 514 g/mol. The molecule has 0 aliphatic rings. The van der Waals surface area contributed by atoms with Crippen molar-refractivity contribution in [1.29, 1.82) is 0 Å². The smallest absolute Gasteiger partial charge is 0.318 e. The molecule has 41 heavy (non-hydrogen) atoms. The predicted octanol–water partition coefficient (Wildman–Crippen LogP) is 6.58. The van der Waals surface area contributed by atoms with E-state index in [1.165, 1.54) is 6.07 Å². The Morgan fingerprint density at radius 3 is 2.10 bits per heavy atom. The first kappa shape index (κ1) is 27.9. The van der Waals surface area contributed by atoms with Crippen LogP contribution in [0, 0.1) is 0 Å². The largest absolute Gasteiger partial charge is 0.490 e. The fourth-order valence-electron chi connectivity index (χ4n) is 4.72. The van der Waals surface area contributed by atoms with Crippen LogP contribution in [0.4, 0.5) is 0 Å². The van der Waals surface area contributed by atoms with Crippen molar-refractivity contribution in [3.05, 3.63) is 137 Å². The highest BCUT2D eigenvalue weighted by molar-refractivity contribution is 5.82. The van der Waals surface area contributed by atoms with Gasteiger partial charge in [0.25, 0.3) is 0 Å². The molecule has 1 aromatic heterocycles. The van der Waals surface area contributed by atoms with Crippen LogP contribution in [-0.4, -0.2) is 31.8 Å². The van der Waals surface area contributed by atoms with Crippen LogP contribution in [0.15, 0.2) is 124 Å². The van der Waals surface area contributed by atoms with Gasteiger partial charge >= 0.3 is 5.97 Å². The first-order chi connectivity index (χ1) is 20.1. The molecule has 208 valence electrons. The number of carbonyl (C=O) groups is 1. The zero-order valence-corrected chi connectivity index (χ0v) is 23.0. The van der Waals surface area contributed by atoms with Gasteiger partial charge in [-0.1, -0.05) is 97.9 Å². The molecule has 0 saturated carbocycles. The van der Waals surface area contributed by atoms with E-state index in [1.54, 1.807) is 18.2 Å². The number of fused-ring (bicyclic) bond motifs is 1. The predicted molar refractivity (Wildman–Crippen MR) is 161 cm³/mol. The van der Waals surface area contributed by atoms with Crippen molar-refractivity contribution in [2.24, 2.45) is 0 Å². The highest BCUT2D eigenvalue weighted by Crippen LogP contribution is 2.28. The summed E-state index contributed by atoms with van der Waals surface area (Å²) in [5.41, 5.74) is 2.85. The van der Waals surface area contributed by atoms with Crippen molar-refractivity contribution in [3.8, 4) is 17.1 Å². The summed E-state index contributed by atoms with van der Waals surface area (Å²) in [5.74, 6) is 0.109. The van der Waals surface area contributed by atoms with Crippen molar-refractivity contribution < 1.29 is 18.7 Å². The van der Waals surface area contributed by atoms with Crippen LogP contribution in [0.5, 0.6) is 5.75 Å². The van der Waals surface area contributed by atoms with Crippen molar-refractivity contribution in [2.75, 3.05) is 19.7 Å². The van der Waals surface area contributed by atoms with E-state index in [9.17, 15) is 9.59 Å². The first-order valence-corrected chi connectivity index (χ1v) is 13.9. The number of nitrogens with one attached hydrogen (secondary N) is 1. The van der Waals surface area contributed by atoms with Gasteiger partial charge in [0.15, 0.2) is 5.43 Å². The molecule has 0 amide bonds. The Morgan fingerprint density at radius 1 is 0.829 bits per heavy atom. The fraction of sp³-hybridized carbons (Fsp3) is 0.200. The normalized spacial score (nSPS) is 11.9. The van der Waals surface area contributed by atoms with Gasteiger partial charge in [0.2, 0.25) is 0 Å². The molecule has 0 aliphatic carbocycles. The summed E-state index contributed by atoms with van der Waals surface area (Å²) in [5, 5.41) is 3.81. The van der Waals surface area contributed by atoms with Crippen molar-refractivity contribution >= 4 is 16.9 Å². The van der Waals surface area contributed by atoms with Crippen molar-refractivity contribution in [3.63, 3.8) is 0 Å². The lowest BCUT2D eigenvalue weighted by Gasteiger charge is -2.23. The van der Waals surface area contributed by atoms with E-state index in [1.807, 2.05) is 91.0 Å². The Morgan fingerprint density at radius 2 is 1.46 bits per heavy atom. The molecule has 1 N–H and O–H groups in total. The van der Waals surface area contributed by atoms with Gasteiger partial charge in [-0.05, 0) is 36.2 Å². The third kappa shape index (κ3) is 7.10. The topological polar surface area (TPSA) is 77.8 Å². The van der Waals surface area contributed by atoms with Gasteiger partial charge in [-0.2, -0.15) is 0 Å². The SMILES string of the molecule is CCCNCC(COc1ccc2c(=O)cc(-c3ccccc3)oc2c1)OC(=O)C(c1ccccc1)c1ccccc1. The summed E-state index contributed by atoms with van der Waals surface area (Å²) in [6.07, 6.45) is 0.411. The monoisotopic (exact) mass is 547 g/mol. The van der Waals surface area contributed by atoms with Gasteiger partial charge in [-0.25, -0.2) is 0 Å². The first-order valence-electron chi connectivity index (χ1n) is 13.9. The fourth-order valence-corrected chi connectivity index (χ4v) is 4.72. The van der Waals surface area contributed by atoms with Gasteiger partial charge in [0, 0.05) is 24.2 Å². The Labute approximate surface area is 239 Å². The summed E-state index contributed by atoms with van der Waals surface area (Å²) >= 11 is 0. The molecule has 4 aromatic carbocycles. The lowest BCUT2D eigenvalue weighted by Crippen LogP contribution is -2.37. The minimum Gasteiger partial charge on any atom is -0.490 e. The summed E-state index contributed by atoms with van der Waals surface area (Å²) < 4.78 is 18.3. The van der Waals surface area contributed by atoms with Crippen LogP contribution in [0.25, 0.3) is 22.3 Å². The quantitative estimate of drug-likeness (QED) is 0.140. The zero-order valence-electron chi connectivity index (χ0n) is 23.0. The van der Waals surface area contributed by atoms with E-state index < -0.39 is 12.0 Å². The standard InChI is InChI=1S/C35H33NO5/c1-2-20-36-23-29(40-35(38)34(26-14-8-4-9-15-26)27-16-10-5-11-17-27)24-39-28-18-19-30-31(37)22-32(41-33(30)21-28)25-12-6-3-7-13-25/h3-19,21-22,29,34,36H,2,20,23-24H2,1H3. The average molecular weight is 548 g/mol. The van der Waals surface area contributed by atoms with Crippen LogP contribution in [0.3, 0.4) is 0 Å². The second-order valence-electron chi connectivity index (χ2n) is 9.83. The highest BCUT2D eigenvalue weighted by Gasteiger charge is 2.27. The lowest BCUT2D eigenvalue weighted by molar-refractivity contribution is -0.151. The third-order valence-electron chi connectivity index (χ3n) is 6.78. The maximum Gasteiger partial charge on any atom is 0.318 e. The van der Waals surface area contributed by atoms with Crippen LogP contribution < -0.4 is 15.5 Å². The maximum absolute atomic E-state index is 13.6. The molecule has 0 radical (unpaired) electrons. The number of esters is 1. The van der Waals surface area contributed by atoms with Gasteiger partial charge in [-0.3, -0.25) is 9.59 Å².